The Hall–Kier alpha value is -0.890. The van der Waals surface area contributed by atoms with Crippen LogP contribution in [-0.2, 0) is 5.41 Å². The number of hydrogen-bond acceptors (Lipinski definition) is 1. The molecule has 1 aliphatic carbocycles. The minimum absolute atomic E-state index is 0.147. The van der Waals surface area contributed by atoms with Crippen molar-refractivity contribution in [1.82, 2.24) is 0 Å². The first kappa shape index (κ1) is 8.70. The van der Waals surface area contributed by atoms with Gasteiger partial charge >= 0.3 is 0 Å². The van der Waals surface area contributed by atoms with Gasteiger partial charge < -0.3 is 5.73 Å². The molecule has 0 bridgehead atoms. The van der Waals surface area contributed by atoms with Gasteiger partial charge in [0.25, 0.3) is 0 Å². The minimum atomic E-state index is -0.177. The maximum Gasteiger partial charge on any atom is 0.123 e. The van der Waals surface area contributed by atoms with E-state index in [0.717, 1.165) is 12.8 Å². The van der Waals surface area contributed by atoms with Crippen molar-refractivity contribution in [2.75, 3.05) is 0 Å². The first-order valence-corrected chi connectivity index (χ1v) is 4.70. The van der Waals surface area contributed by atoms with Gasteiger partial charge in [0, 0.05) is 11.5 Å². The summed E-state index contributed by atoms with van der Waals surface area (Å²) in [6.45, 7) is 2.14. The highest BCUT2D eigenvalue weighted by molar-refractivity contribution is 5.35. The van der Waals surface area contributed by atoms with E-state index in [2.05, 4.69) is 6.92 Å². The molecule has 1 nitrogen and oxygen atoms in total. The summed E-state index contributed by atoms with van der Waals surface area (Å²) >= 11 is 0. The lowest BCUT2D eigenvalue weighted by Gasteiger charge is -2.13. The molecular formula is C11H14FN. The van der Waals surface area contributed by atoms with Gasteiger partial charge in [-0.1, -0.05) is 19.1 Å². The molecule has 1 fully saturated rings. The summed E-state index contributed by atoms with van der Waals surface area (Å²) in [5.41, 5.74) is 7.22. The fourth-order valence-electron chi connectivity index (χ4n) is 2.06. The number of nitrogens with two attached hydrogens (primary N) is 1. The quantitative estimate of drug-likeness (QED) is 0.740. The molecule has 70 valence electrons. The zero-order valence-corrected chi connectivity index (χ0v) is 7.76. The Morgan fingerprint density at radius 3 is 2.38 bits per heavy atom. The lowest BCUT2D eigenvalue weighted by atomic mass is 9.92. The number of halogens is 1. The lowest BCUT2D eigenvalue weighted by Crippen LogP contribution is -2.17. The van der Waals surface area contributed by atoms with Gasteiger partial charge in [0.05, 0.1) is 0 Å². The van der Waals surface area contributed by atoms with E-state index in [-0.39, 0.29) is 17.3 Å². The standard InChI is InChI=1S/C11H14FN/c1-2-11(7-10(11)13)8-3-5-9(12)6-4-8/h3-6,10H,2,7,13H2,1H3/t10-,11?/m1/s1. The molecule has 2 atom stereocenters. The van der Waals surface area contributed by atoms with Crippen LogP contribution < -0.4 is 5.73 Å². The molecule has 1 aromatic carbocycles. The van der Waals surface area contributed by atoms with Crippen molar-refractivity contribution in [3.63, 3.8) is 0 Å². The van der Waals surface area contributed by atoms with Crippen molar-refractivity contribution in [3.05, 3.63) is 35.6 Å². The zero-order chi connectivity index (χ0) is 9.47. The molecule has 1 aliphatic rings. The number of rotatable bonds is 2. The average Bonchev–Trinajstić information content (AvgIpc) is 2.79. The summed E-state index contributed by atoms with van der Waals surface area (Å²) in [5, 5.41) is 0. The van der Waals surface area contributed by atoms with E-state index >= 15 is 0 Å². The summed E-state index contributed by atoms with van der Waals surface area (Å²) in [6, 6.07) is 7.00. The van der Waals surface area contributed by atoms with Gasteiger partial charge in [0.2, 0.25) is 0 Å². The summed E-state index contributed by atoms with van der Waals surface area (Å²) in [4.78, 5) is 0. The number of hydrogen-bond donors (Lipinski definition) is 1. The molecule has 0 amide bonds. The largest absolute Gasteiger partial charge is 0.327 e. The van der Waals surface area contributed by atoms with Crippen LogP contribution in [0.1, 0.15) is 25.3 Å². The van der Waals surface area contributed by atoms with Gasteiger partial charge in [-0.05, 0) is 30.5 Å². The normalized spacial score (nSPS) is 31.8. The van der Waals surface area contributed by atoms with Crippen molar-refractivity contribution in [3.8, 4) is 0 Å². The van der Waals surface area contributed by atoms with Gasteiger partial charge in [-0.25, -0.2) is 4.39 Å². The fourth-order valence-corrected chi connectivity index (χ4v) is 2.06. The molecule has 0 heterocycles. The Kier molecular flexibility index (Phi) is 1.88. The van der Waals surface area contributed by atoms with E-state index < -0.39 is 0 Å². The lowest BCUT2D eigenvalue weighted by molar-refractivity contribution is 0.612. The molecule has 0 saturated heterocycles. The van der Waals surface area contributed by atoms with E-state index in [0.29, 0.717) is 0 Å². The molecule has 1 aromatic rings. The summed E-state index contributed by atoms with van der Waals surface area (Å²) in [5.74, 6) is -0.177. The van der Waals surface area contributed by atoms with Gasteiger partial charge in [0.15, 0.2) is 0 Å². The molecule has 1 unspecified atom stereocenters. The van der Waals surface area contributed by atoms with E-state index in [9.17, 15) is 4.39 Å². The highest BCUT2D eigenvalue weighted by Gasteiger charge is 2.51. The number of benzene rings is 1. The van der Waals surface area contributed by atoms with Gasteiger partial charge in [0.1, 0.15) is 5.82 Å². The molecule has 2 rings (SSSR count). The maximum atomic E-state index is 12.7. The van der Waals surface area contributed by atoms with Crippen LogP contribution >= 0.6 is 0 Å². The Bertz CT molecular complexity index is 302. The van der Waals surface area contributed by atoms with Crippen molar-refractivity contribution >= 4 is 0 Å². The molecule has 0 aliphatic heterocycles. The van der Waals surface area contributed by atoms with E-state index in [1.54, 1.807) is 0 Å². The molecule has 2 N–H and O–H groups in total. The van der Waals surface area contributed by atoms with Gasteiger partial charge in [-0.15, -0.1) is 0 Å². The first-order chi connectivity index (χ1) is 6.19. The Morgan fingerprint density at radius 1 is 1.46 bits per heavy atom. The average molecular weight is 179 g/mol. The third kappa shape index (κ3) is 1.25. The van der Waals surface area contributed by atoms with Crippen molar-refractivity contribution in [1.29, 1.82) is 0 Å². The van der Waals surface area contributed by atoms with E-state index in [1.807, 2.05) is 12.1 Å². The van der Waals surface area contributed by atoms with Crippen LogP contribution in [-0.4, -0.2) is 6.04 Å². The van der Waals surface area contributed by atoms with Gasteiger partial charge in [-0.2, -0.15) is 0 Å². The smallest absolute Gasteiger partial charge is 0.123 e. The Labute approximate surface area is 77.8 Å². The fraction of sp³-hybridized carbons (Fsp3) is 0.455. The maximum absolute atomic E-state index is 12.7. The minimum Gasteiger partial charge on any atom is -0.327 e. The van der Waals surface area contributed by atoms with Crippen LogP contribution in [0.3, 0.4) is 0 Å². The first-order valence-electron chi connectivity index (χ1n) is 4.70. The van der Waals surface area contributed by atoms with Crippen molar-refractivity contribution in [2.45, 2.75) is 31.2 Å². The summed E-state index contributed by atoms with van der Waals surface area (Å²) in [6.07, 6.45) is 2.08. The highest BCUT2D eigenvalue weighted by atomic mass is 19.1. The zero-order valence-electron chi connectivity index (χ0n) is 7.76. The van der Waals surface area contributed by atoms with E-state index in [1.165, 1.54) is 17.7 Å². The molecule has 2 heteroatoms. The van der Waals surface area contributed by atoms with Crippen molar-refractivity contribution in [2.24, 2.45) is 5.73 Å². The summed E-state index contributed by atoms with van der Waals surface area (Å²) < 4.78 is 12.7. The predicted octanol–water partition coefficient (Wildman–Crippen LogP) is 2.20. The molecular weight excluding hydrogens is 165 g/mol. The third-order valence-electron chi connectivity index (χ3n) is 3.18. The molecule has 0 radical (unpaired) electrons. The molecule has 0 aromatic heterocycles. The Balaban J connectivity index is 2.31. The van der Waals surface area contributed by atoms with Crippen LogP contribution in [0.4, 0.5) is 4.39 Å². The monoisotopic (exact) mass is 179 g/mol. The van der Waals surface area contributed by atoms with Crippen LogP contribution in [0.25, 0.3) is 0 Å². The van der Waals surface area contributed by atoms with Crippen LogP contribution in [0.15, 0.2) is 24.3 Å². The van der Waals surface area contributed by atoms with Gasteiger partial charge in [-0.3, -0.25) is 0 Å². The van der Waals surface area contributed by atoms with E-state index in [4.69, 9.17) is 5.73 Å². The van der Waals surface area contributed by atoms with Crippen LogP contribution in [0, 0.1) is 5.82 Å². The second kappa shape index (κ2) is 2.81. The third-order valence-corrected chi connectivity index (χ3v) is 3.18. The predicted molar refractivity (Wildman–Crippen MR) is 51.0 cm³/mol. The summed E-state index contributed by atoms with van der Waals surface area (Å²) in [7, 11) is 0. The van der Waals surface area contributed by atoms with Crippen LogP contribution in [0.5, 0.6) is 0 Å². The van der Waals surface area contributed by atoms with Crippen LogP contribution in [0.2, 0.25) is 0 Å². The Morgan fingerprint density at radius 2 is 2.00 bits per heavy atom. The topological polar surface area (TPSA) is 26.0 Å². The highest BCUT2D eigenvalue weighted by Crippen LogP contribution is 2.49. The molecule has 0 spiro atoms. The van der Waals surface area contributed by atoms with Crippen molar-refractivity contribution < 1.29 is 4.39 Å². The molecule has 13 heavy (non-hydrogen) atoms. The SMILES string of the molecule is CCC1(c2ccc(F)cc2)C[C@H]1N. The second-order valence-corrected chi connectivity index (χ2v) is 3.83. The molecule has 1 saturated carbocycles. The second-order valence-electron chi connectivity index (χ2n) is 3.83.